The summed E-state index contributed by atoms with van der Waals surface area (Å²) >= 11 is 0. The van der Waals surface area contributed by atoms with E-state index in [2.05, 4.69) is 36.1 Å². The smallest absolute Gasteiger partial charge is 0.0823 e. The van der Waals surface area contributed by atoms with Crippen LogP contribution in [0.25, 0.3) is 0 Å². The van der Waals surface area contributed by atoms with Gasteiger partial charge in [-0.1, -0.05) is 25.1 Å². The molecule has 88 valence electrons. The van der Waals surface area contributed by atoms with E-state index in [9.17, 15) is 5.26 Å². The van der Waals surface area contributed by atoms with Crippen LogP contribution < -0.4 is 0 Å². The van der Waals surface area contributed by atoms with Crippen LogP contribution in [-0.4, -0.2) is 18.0 Å². The molecule has 0 spiro atoms. The van der Waals surface area contributed by atoms with Crippen molar-refractivity contribution in [3.8, 4) is 6.07 Å². The largest absolute Gasteiger partial charge is 0.299 e. The van der Waals surface area contributed by atoms with Crippen LogP contribution in [0.15, 0.2) is 18.2 Å². The van der Waals surface area contributed by atoms with E-state index in [4.69, 9.17) is 0 Å². The minimum Gasteiger partial charge on any atom is -0.299 e. The molecule has 0 aromatic heterocycles. The molecule has 1 heterocycles. The topological polar surface area (TPSA) is 27.0 Å². The first-order chi connectivity index (χ1) is 8.27. The van der Waals surface area contributed by atoms with Gasteiger partial charge >= 0.3 is 0 Å². The van der Waals surface area contributed by atoms with Crippen molar-refractivity contribution in [3.05, 3.63) is 34.9 Å². The Morgan fingerprint density at radius 2 is 2.18 bits per heavy atom. The Labute approximate surface area is 103 Å². The van der Waals surface area contributed by atoms with E-state index in [1.807, 2.05) is 0 Å². The Morgan fingerprint density at radius 3 is 2.82 bits per heavy atom. The molecule has 2 aliphatic rings. The molecule has 3 rings (SSSR count). The lowest BCUT2D eigenvalue weighted by molar-refractivity contribution is 0.268. The van der Waals surface area contributed by atoms with Crippen molar-refractivity contribution in [2.24, 2.45) is 0 Å². The molecule has 0 bridgehead atoms. The predicted molar refractivity (Wildman–Crippen MR) is 67.6 cm³/mol. The molecule has 0 amide bonds. The summed E-state index contributed by atoms with van der Waals surface area (Å²) in [4.78, 5) is 2.47. The Balaban J connectivity index is 1.91. The number of likely N-dealkylation sites (N-methyl/N-ethyl adjacent to an activating group) is 1. The summed E-state index contributed by atoms with van der Waals surface area (Å²) in [6, 6.07) is 9.19. The number of benzene rings is 1. The lowest BCUT2D eigenvalue weighted by Crippen LogP contribution is -2.30. The highest BCUT2D eigenvalue weighted by molar-refractivity contribution is 5.44. The molecule has 2 heteroatoms. The third kappa shape index (κ3) is 1.75. The molecule has 0 atom stereocenters. The van der Waals surface area contributed by atoms with Crippen LogP contribution in [0.5, 0.6) is 0 Å². The van der Waals surface area contributed by atoms with Crippen molar-refractivity contribution < 1.29 is 0 Å². The van der Waals surface area contributed by atoms with Crippen molar-refractivity contribution in [2.45, 2.75) is 38.1 Å². The van der Waals surface area contributed by atoms with Crippen molar-refractivity contribution in [1.29, 1.82) is 5.26 Å². The number of fused-ring (bicyclic) bond motifs is 1. The van der Waals surface area contributed by atoms with Gasteiger partial charge in [0, 0.05) is 13.1 Å². The highest BCUT2D eigenvalue weighted by Gasteiger charge is 2.45. The van der Waals surface area contributed by atoms with Crippen LogP contribution in [0, 0.1) is 11.3 Å². The summed E-state index contributed by atoms with van der Waals surface area (Å²) in [6.45, 7) is 5.58. The van der Waals surface area contributed by atoms with Gasteiger partial charge in [0.05, 0.1) is 11.5 Å². The second kappa shape index (κ2) is 3.85. The normalized spacial score (nSPS) is 21.6. The van der Waals surface area contributed by atoms with Crippen molar-refractivity contribution in [3.63, 3.8) is 0 Å². The van der Waals surface area contributed by atoms with E-state index in [1.165, 1.54) is 16.7 Å². The summed E-state index contributed by atoms with van der Waals surface area (Å²) in [5, 5.41) is 9.24. The predicted octanol–water partition coefficient (Wildman–Crippen LogP) is 2.62. The van der Waals surface area contributed by atoms with Gasteiger partial charge in [-0.3, -0.25) is 4.90 Å². The van der Waals surface area contributed by atoms with Crippen molar-refractivity contribution in [1.82, 2.24) is 4.90 Å². The molecular weight excluding hydrogens is 208 g/mol. The maximum Gasteiger partial charge on any atom is 0.0823 e. The lowest BCUT2D eigenvalue weighted by Gasteiger charge is -2.28. The molecule has 17 heavy (non-hydrogen) atoms. The van der Waals surface area contributed by atoms with E-state index in [-0.39, 0.29) is 5.41 Å². The van der Waals surface area contributed by atoms with Crippen LogP contribution in [0.2, 0.25) is 0 Å². The summed E-state index contributed by atoms with van der Waals surface area (Å²) in [5.74, 6) is 0. The first-order valence-electron chi connectivity index (χ1n) is 6.53. The van der Waals surface area contributed by atoms with Gasteiger partial charge in [0.2, 0.25) is 0 Å². The zero-order valence-electron chi connectivity index (χ0n) is 10.4. The van der Waals surface area contributed by atoms with Crippen molar-refractivity contribution in [2.75, 3.05) is 13.1 Å². The number of rotatable bonds is 2. The molecule has 2 nitrogen and oxygen atoms in total. The number of nitrogens with zero attached hydrogens (tertiary/aromatic N) is 2. The quantitative estimate of drug-likeness (QED) is 0.775. The minimum atomic E-state index is -0.128. The van der Waals surface area contributed by atoms with Gasteiger partial charge in [0.25, 0.3) is 0 Å². The molecule has 1 aromatic rings. The third-order valence-corrected chi connectivity index (χ3v) is 4.26. The molecular formula is C15H18N2. The fourth-order valence-corrected chi connectivity index (χ4v) is 2.77. The fourth-order valence-electron chi connectivity index (χ4n) is 2.77. The Bertz CT molecular complexity index is 480. The monoisotopic (exact) mass is 226 g/mol. The van der Waals surface area contributed by atoms with Gasteiger partial charge in [0.1, 0.15) is 0 Å². The van der Waals surface area contributed by atoms with Gasteiger partial charge < -0.3 is 0 Å². The van der Waals surface area contributed by atoms with Crippen LogP contribution >= 0.6 is 0 Å². The molecule has 0 unspecified atom stereocenters. The highest BCUT2D eigenvalue weighted by atomic mass is 15.1. The molecule has 0 N–H and O–H groups in total. The van der Waals surface area contributed by atoms with E-state index in [1.54, 1.807) is 0 Å². The molecule has 0 radical (unpaired) electrons. The van der Waals surface area contributed by atoms with E-state index in [0.717, 1.165) is 38.9 Å². The summed E-state index contributed by atoms with van der Waals surface area (Å²) < 4.78 is 0. The van der Waals surface area contributed by atoms with E-state index < -0.39 is 0 Å². The van der Waals surface area contributed by atoms with Crippen LogP contribution in [-0.2, 0) is 18.4 Å². The van der Waals surface area contributed by atoms with Crippen molar-refractivity contribution >= 4 is 0 Å². The number of nitriles is 1. The average molecular weight is 226 g/mol. The summed E-state index contributed by atoms with van der Waals surface area (Å²) in [6.07, 6.45) is 3.23. The standard InChI is InChI=1S/C15H18N2/c1-2-17-8-5-12-9-14(4-3-13(12)10-17)15(11-16)6-7-15/h3-4,9H,2,5-8,10H2,1H3. The maximum atomic E-state index is 9.24. The maximum absolute atomic E-state index is 9.24. The third-order valence-electron chi connectivity index (χ3n) is 4.26. The van der Waals surface area contributed by atoms with Gasteiger partial charge in [-0.2, -0.15) is 5.26 Å². The molecule has 1 aliphatic heterocycles. The summed E-state index contributed by atoms with van der Waals surface area (Å²) in [7, 11) is 0. The average Bonchev–Trinajstić information content (AvgIpc) is 3.18. The number of hydrogen-bond donors (Lipinski definition) is 0. The first kappa shape index (κ1) is 10.8. The Kier molecular flexibility index (Phi) is 2.45. The molecule has 0 saturated heterocycles. The van der Waals surface area contributed by atoms with Gasteiger partial charge in [-0.05, 0) is 42.5 Å². The fraction of sp³-hybridized carbons (Fsp3) is 0.533. The second-order valence-electron chi connectivity index (χ2n) is 5.30. The number of hydrogen-bond acceptors (Lipinski definition) is 2. The van der Waals surface area contributed by atoms with Gasteiger partial charge in [0.15, 0.2) is 0 Å². The molecule has 1 saturated carbocycles. The first-order valence-corrected chi connectivity index (χ1v) is 6.53. The Morgan fingerprint density at radius 1 is 1.35 bits per heavy atom. The Hall–Kier alpha value is -1.33. The van der Waals surface area contributed by atoms with Crippen LogP contribution in [0.1, 0.15) is 36.5 Å². The lowest BCUT2D eigenvalue weighted by atomic mass is 9.91. The highest BCUT2D eigenvalue weighted by Crippen LogP contribution is 2.48. The van der Waals surface area contributed by atoms with Crippen LogP contribution in [0.3, 0.4) is 0 Å². The van der Waals surface area contributed by atoms with Gasteiger partial charge in [-0.25, -0.2) is 0 Å². The zero-order valence-corrected chi connectivity index (χ0v) is 10.4. The van der Waals surface area contributed by atoms with E-state index >= 15 is 0 Å². The van der Waals surface area contributed by atoms with E-state index in [0.29, 0.717) is 0 Å². The zero-order chi connectivity index (χ0) is 11.9. The second-order valence-corrected chi connectivity index (χ2v) is 5.30. The molecule has 1 aliphatic carbocycles. The minimum absolute atomic E-state index is 0.128. The molecule has 1 aromatic carbocycles. The van der Waals surface area contributed by atoms with Gasteiger partial charge in [-0.15, -0.1) is 0 Å². The summed E-state index contributed by atoms with van der Waals surface area (Å²) in [5.41, 5.74) is 4.05. The molecule has 1 fully saturated rings. The SMILES string of the molecule is CCN1CCc2cc(C3(C#N)CC3)ccc2C1. The van der Waals surface area contributed by atoms with Crippen LogP contribution in [0.4, 0.5) is 0 Å².